The van der Waals surface area contributed by atoms with E-state index >= 15 is 0 Å². The van der Waals surface area contributed by atoms with Crippen molar-refractivity contribution < 1.29 is 14.3 Å². The number of ether oxygens (including phenoxy) is 1. The number of hydrogen-bond acceptors (Lipinski definition) is 3. The van der Waals surface area contributed by atoms with Crippen molar-refractivity contribution in [1.29, 1.82) is 0 Å². The van der Waals surface area contributed by atoms with Crippen LogP contribution >= 0.6 is 0 Å². The van der Waals surface area contributed by atoms with Crippen LogP contribution in [0.5, 0.6) is 5.75 Å². The second-order valence-electron chi connectivity index (χ2n) is 5.64. The zero-order chi connectivity index (χ0) is 17.5. The summed E-state index contributed by atoms with van der Waals surface area (Å²) in [5, 5.41) is 2.81. The first-order chi connectivity index (χ1) is 11.5. The topological polar surface area (TPSA) is 58.6 Å². The first-order valence-electron chi connectivity index (χ1n) is 7.73. The summed E-state index contributed by atoms with van der Waals surface area (Å²) < 4.78 is 5.12. The fourth-order valence-corrected chi connectivity index (χ4v) is 2.24. The highest BCUT2D eigenvalue weighted by atomic mass is 16.5. The number of amides is 2. The molecule has 0 atom stereocenters. The number of aryl methyl sites for hydroxylation is 1. The lowest BCUT2D eigenvalue weighted by Crippen LogP contribution is -2.36. The molecule has 126 valence electrons. The van der Waals surface area contributed by atoms with E-state index in [2.05, 4.69) is 5.32 Å². The minimum atomic E-state index is -0.220. The van der Waals surface area contributed by atoms with Crippen molar-refractivity contribution in [3.63, 3.8) is 0 Å². The molecule has 2 aromatic carbocycles. The number of carbonyl (C=O) groups is 2. The van der Waals surface area contributed by atoms with Crippen molar-refractivity contribution in [2.75, 3.05) is 19.0 Å². The van der Waals surface area contributed by atoms with Gasteiger partial charge in [-0.1, -0.05) is 29.8 Å². The van der Waals surface area contributed by atoms with Crippen LogP contribution in [0.15, 0.2) is 48.5 Å². The van der Waals surface area contributed by atoms with Crippen LogP contribution < -0.4 is 10.1 Å². The van der Waals surface area contributed by atoms with Crippen LogP contribution in [0.4, 0.5) is 5.69 Å². The zero-order valence-corrected chi connectivity index (χ0v) is 14.2. The van der Waals surface area contributed by atoms with Gasteiger partial charge >= 0.3 is 0 Å². The summed E-state index contributed by atoms with van der Waals surface area (Å²) in [7, 11) is 1.60. The predicted octanol–water partition coefficient (Wildman–Crippen LogP) is 2.99. The summed E-state index contributed by atoms with van der Waals surface area (Å²) in [6, 6.07) is 15.0. The molecular weight excluding hydrogens is 304 g/mol. The molecule has 0 aliphatic carbocycles. The van der Waals surface area contributed by atoms with Gasteiger partial charge in [0.25, 0.3) is 0 Å². The van der Waals surface area contributed by atoms with Gasteiger partial charge in [-0.05, 0) is 36.8 Å². The number of rotatable bonds is 6. The summed E-state index contributed by atoms with van der Waals surface area (Å²) in [5.41, 5.74) is 2.78. The first kappa shape index (κ1) is 17.5. The molecule has 0 aliphatic rings. The molecule has 0 saturated heterocycles. The van der Waals surface area contributed by atoms with E-state index in [9.17, 15) is 9.59 Å². The zero-order valence-electron chi connectivity index (χ0n) is 14.2. The molecule has 0 heterocycles. The lowest BCUT2D eigenvalue weighted by Gasteiger charge is -2.21. The Kier molecular flexibility index (Phi) is 5.95. The first-order valence-corrected chi connectivity index (χ1v) is 7.73. The third kappa shape index (κ3) is 5.12. The summed E-state index contributed by atoms with van der Waals surface area (Å²) >= 11 is 0. The van der Waals surface area contributed by atoms with E-state index in [-0.39, 0.29) is 18.4 Å². The highest BCUT2D eigenvalue weighted by Crippen LogP contribution is 2.13. The van der Waals surface area contributed by atoms with Gasteiger partial charge in [0.1, 0.15) is 12.3 Å². The van der Waals surface area contributed by atoms with Crippen molar-refractivity contribution in [2.24, 2.45) is 0 Å². The Bertz CT molecular complexity index is 694. The lowest BCUT2D eigenvalue weighted by molar-refractivity contribution is -0.133. The monoisotopic (exact) mass is 326 g/mol. The maximum Gasteiger partial charge on any atom is 0.244 e. The molecule has 0 fully saturated rings. The molecule has 2 rings (SSSR count). The minimum Gasteiger partial charge on any atom is -0.497 e. The second kappa shape index (κ2) is 8.15. The molecule has 0 aliphatic heterocycles. The molecule has 1 N–H and O–H groups in total. The van der Waals surface area contributed by atoms with E-state index in [1.165, 1.54) is 11.8 Å². The largest absolute Gasteiger partial charge is 0.497 e. The number of nitrogens with zero attached hydrogens (tertiary/aromatic N) is 1. The number of methoxy groups -OCH3 is 1. The molecular formula is C19H22N2O3. The van der Waals surface area contributed by atoms with Crippen LogP contribution in [-0.4, -0.2) is 30.4 Å². The highest BCUT2D eigenvalue weighted by Gasteiger charge is 2.14. The smallest absolute Gasteiger partial charge is 0.244 e. The third-order valence-electron chi connectivity index (χ3n) is 3.65. The number of hydrogen-bond donors (Lipinski definition) is 1. The average Bonchev–Trinajstić information content (AvgIpc) is 2.57. The second-order valence-corrected chi connectivity index (χ2v) is 5.64. The van der Waals surface area contributed by atoms with Gasteiger partial charge in [0.2, 0.25) is 11.8 Å². The summed E-state index contributed by atoms with van der Waals surface area (Å²) in [6.07, 6.45) is 0. The van der Waals surface area contributed by atoms with Crippen LogP contribution in [0, 0.1) is 6.92 Å². The summed E-state index contributed by atoms with van der Waals surface area (Å²) in [6.45, 7) is 3.83. The van der Waals surface area contributed by atoms with Crippen LogP contribution in [0.1, 0.15) is 18.1 Å². The third-order valence-corrected chi connectivity index (χ3v) is 3.65. The van der Waals surface area contributed by atoms with Crippen molar-refractivity contribution in [3.8, 4) is 5.75 Å². The fourth-order valence-electron chi connectivity index (χ4n) is 2.24. The van der Waals surface area contributed by atoms with E-state index in [4.69, 9.17) is 4.74 Å². The van der Waals surface area contributed by atoms with E-state index in [1.807, 2.05) is 55.5 Å². The Morgan fingerprint density at radius 2 is 1.67 bits per heavy atom. The van der Waals surface area contributed by atoms with Crippen molar-refractivity contribution in [2.45, 2.75) is 20.4 Å². The van der Waals surface area contributed by atoms with Crippen LogP contribution in [0.2, 0.25) is 0 Å². The van der Waals surface area contributed by atoms with Gasteiger partial charge in [0.15, 0.2) is 0 Å². The Hall–Kier alpha value is -2.82. The van der Waals surface area contributed by atoms with E-state index in [0.717, 1.165) is 22.6 Å². The molecule has 0 spiro atoms. The van der Waals surface area contributed by atoms with Gasteiger partial charge in [-0.15, -0.1) is 0 Å². The molecule has 5 nitrogen and oxygen atoms in total. The number of benzene rings is 2. The fraction of sp³-hybridized carbons (Fsp3) is 0.263. The van der Waals surface area contributed by atoms with Gasteiger partial charge in [-0.25, -0.2) is 0 Å². The summed E-state index contributed by atoms with van der Waals surface area (Å²) in [4.78, 5) is 25.5. The van der Waals surface area contributed by atoms with Crippen molar-refractivity contribution in [3.05, 3.63) is 59.7 Å². The number of anilines is 1. The number of carbonyl (C=O) groups excluding carboxylic acids is 2. The van der Waals surface area contributed by atoms with Gasteiger partial charge < -0.3 is 15.0 Å². The van der Waals surface area contributed by atoms with Crippen LogP contribution in [-0.2, 0) is 16.1 Å². The molecule has 5 heteroatoms. The number of nitrogens with one attached hydrogen (secondary N) is 1. The Morgan fingerprint density at radius 1 is 1.04 bits per heavy atom. The van der Waals surface area contributed by atoms with E-state index < -0.39 is 0 Å². The van der Waals surface area contributed by atoms with E-state index in [0.29, 0.717) is 6.54 Å². The SMILES string of the molecule is COc1ccc(CN(CC(=O)Nc2ccc(C)cc2)C(C)=O)cc1. The lowest BCUT2D eigenvalue weighted by atomic mass is 10.2. The maximum absolute atomic E-state index is 12.2. The average molecular weight is 326 g/mol. The van der Waals surface area contributed by atoms with Gasteiger partial charge in [-0.2, -0.15) is 0 Å². The Labute approximate surface area is 142 Å². The molecule has 2 aromatic rings. The highest BCUT2D eigenvalue weighted by molar-refractivity contribution is 5.94. The molecule has 0 unspecified atom stereocenters. The Balaban J connectivity index is 1.97. The maximum atomic E-state index is 12.2. The van der Waals surface area contributed by atoms with Crippen LogP contribution in [0.25, 0.3) is 0 Å². The standard InChI is InChI=1S/C19H22N2O3/c1-14-4-8-17(9-5-14)20-19(23)13-21(15(2)22)12-16-6-10-18(24-3)11-7-16/h4-11H,12-13H2,1-3H3,(H,20,23). The summed E-state index contributed by atoms with van der Waals surface area (Å²) in [5.74, 6) is 0.387. The Morgan fingerprint density at radius 3 is 2.21 bits per heavy atom. The normalized spacial score (nSPS) is 10.1. The quantitative estimate of drug-likeness (QED) is 0.888. The molecule has 0 bridgehead atoms. The molecule has 0 saturated carbocycles. The van der Waals surface area contributed by atoms with Crippen molar-refractivity contribution in [1.82, 2.24) is 4.90 Å². The molecule has 0 radical (unpaired) electrons. The van der Waals surface area contributed by atoms with Crippen LogP contribution in [0.3, 0.4) is 0 Å². The van der Waals surface area contributed by atoms with E-state index in [1.54, 1.807) is 7.11 Å². The van der Waals surface area contributed by atoms with Gasteiger partial charge in [-0.3, -0.25) is 9.59 Å². The molecule has 2 amide bonds. The molecule has 24 heavy (non-hydrogen) atoms. The van der Waals surface area contributed by atoms with Gasteiger partial charge in [0.05, 0.1) is 7.11 Å². The molecule has 0 aromatic heterocycles. The predicted molar refractivity (Wildman–Crippen MR) is 93.9 cm³/mol. The van der Waals surface area contributed by atoms with Gasteiger partial charge in [0, 0.05) is 19.2 Å². The van der Waals surface area contributed by atoms with Crippen molar-refractivity contribution >= 4 is 17.5 Å². The minimum absolute atomic E-state index is 0.00917.